The van der Waals surface area contributed by atoms with Crippen LogP contribution in [0, 0.1) is 23.7 Å². The van der Waals surface area contributed by atoms with E-state index in [1.807, 2.05) is 43.6 Å². The number of carbonyl (C=O) groups excluding carboxylic acids is 4. The van der Waals surface area contributed by atoms with Gasteiger partial charge in [0.15, 0.2) is 0 Å². The van der Waals surface area contributed by atoms with Gasteiger partial charge in [0, 0.05) is 46.2 Å². The largest absolute Gasteiger partial charge is 0.453 e. The molecular weight excluding hydrogens is 753 g/mol. The molecule has 298 valence electrons. The fourth-order valence-corrected chi connectivity index (χ4v) is 9.51. The van der Waals surface area contributed by atoms with Crippen LogP contribution in [0.4, 0.5) is 9.59 Å². The molecule has 1 aromatic carbocycles. The number of benzene rings is 1. The van der Waals surface area contributed by atoms with Crippen molar-refractivity contribution in [3.8, 4) is 22.3 Å². The SMILES string of the molecule is COC(=O)N[C@@H](C(=O)N1CCCC1c1nc2cc(-c3cc4sc(C#C/C(N)=C/NC[C@H]5CCCN5C(=O)[C@H](NC(=O)OC)C(C)C)cc4s3)ccc2[nH]1)C(C)C. The van der Waals surface area contributed by atoms with E-state index in [4.69, 9.17) is 20.2 Å². The molecule has 4 amide bonds. The predicted octanol–water partition coefficient (Wildman–Crippen LogP) is 5.66. The third-order valence-electron chi connectivity index (χ3n) is 10.2. The second-order valence-electron chi connectivity index (χ2n) is 14.8. The van der Waals surface area contributed by atoms with Gasteiger partial charge in [-0.15, -0.1) is 22.7 Å². The van der Waals surface area contributed by atoms with Gasteiger partial charge in [0.2, 0.25) is 11.8 Å². The minimum Gasteiger partial charge on any atom is -0.453 e. The van der Waals surface area contributed by atoms with E-state index in [2.05, 4.69) is 57.0 Å². The van der Waals surface area contributed by atoms with Crippen molar-refractivity contribution in [2.24, 2.45) is 17.6 Å². The lowest BCUT2D eigenvalue weighted by Crippen LogP contribution is -2.53. The van der Waals surface area contributed by atoms with Gasteiger partial charge in [-0.1, -0.05) is 33.8 Å². The van der Waals surface area contributed by atoms with Gasteiger partial charge in [-0.2, -0.15) is 0 Å². The van der Waals surface area contributed by atoms with E-state index >= 15 is 0 Å². The molecule has 0 saturated carbocycles. The van der Waals surface area contributed by atoms with Crippen molar-refractivity contribution in [3.05, 3.63) is 52.9 Å². The summed E-state index contributed by atoms with van der Waals surface area (Å²) in [6.45, 7) is 9.35. The molecule has 0 aliphatic carbocycles. The average Bonchev–Trinajstić information content (AvgIpc) is 4.02. The first-order valence-corrected chi connectivity index (χ1v) is 20.5. The summed E-state index contributed by atoms with van der Waals surface area (Å²) in [5.74, 6) is 6.51. The third-order valence-corrected chi connectivity index (χ3v) is 12.5. The lowest BCUT2D eigenvalue weighted by Gasteiger charge is -2.30. The zero-order valence-electron chi connectivity index (χ0n) is 32.6. The number of imidazole rings is 1. The number of ether oxygens (including phenoxy) is 2. The van der Waals surface area contributed by atoms with Gasteiger partial charge in [0.1, 0.15) is 17.9 Å². The summed E-state index contributed by atoms with van der Waals surface area (Å²) in [6.07, 6.45) is 3.80. The number of nitrogens with one attached hydrogen (secondary N) is 4. The highest BCUT2D eigenvalue weighted by molar-refractivity contribution is 7.29. The van der Waals surface area contributed by atoms with E-state index < -0.39 is 24.3 Å². The molecule has 0 radical (unpaired) electrons. The molecule has 56 heavy (non-hydrogen) atoms. The van der Waals surface area contributed by atoms with Gasteiger partial charge in [0.25, 0.3) is 0 Å². The number of H-pyrrole nitrogens is 1. The molecule has 2 fully saturated rings. The van der Waals surface area contributed by atoms with Crippen molar-refractivity contribution in [1.29, 1.82) is 0 Å². The Hall–Kier alpha value is -5.27. The van der Waals surface area contributed by atoms with Crippen LogP contribution in [0.15, 0.2) is 42.2 Å². The van der Waals surface area contributed by atoms with Gasteiger partial charge in [-0.3, -0.25) is 9.59 Å². The quantitative estimate of drug-likeness (QED) is 0.119. The van der Waals surface area contributed by atoms with Crippen LogP contribution in [0.3, 0.4) is 0 Å². The Labute approximate surface area is 334 Å². The number of aromatic nitrogens is 2. The lowest BCUT2D eigenvalue weighted by molar-refractivity contribution is -0.136. The van der Waals surface area contributed by atoms with Gasteiger partial charge < -0.3 is 45.9 Å². The topological polar surface area (TPSA) is 184 Å². The highest BCUT2D eigenvalue weighted by atomic mass is 32.1. The summed E-state index contributed by atoms with van der Waals surface area (Å²) in [5.41, 5.74) is 9.39. The van der Waals surface area contributed by atoms with Crippen LogP contribution in [-0.2, 0) is 19.1 Å². The van der Waals surface area contributed by atoms with E-state index in [1.54, 1.807) is 28.9 Å². The summed E-state index contributed by atoms with van der Waals surface area (Å²) in [7, 11) is 2.58. The van der Waals surface area contributed by atoms with E-state index in [-0.39, 0.29) is 35.7 Å². The molecular formula is C40H50N8O6S2. The number of likely N-dealkylation sites (tertiary alicyclic amines) is 2. The Morgan fingerprint density at radius 3 is 2.23 bits per heavy atom. The molecule has 5 heterocycles. The van der Waals surface area contributed by atoms with Crippen molar-refractivity contribution in [2.45, 2.75) is 77.5 Å². The number of hydrogen-bond acceptors (Lipinski definition) is 11. The van der Waals surface area contributed by atoms with E-state index in [1.165, 1.54) is 14.2 Å². The molecule has 1 unspecified atom stereocenters. The number of rotatable bonds is 11. The molecule has 6 rings (SSSR count). The number of thiophene rings is 2. The number of carbonyl (C=O) groups is 4. The number of fused-ring (bicyclic) bond motifs is 2. The number of hydrogen-bond donors (Lipinski definition) is 5. The average molecular weight is 803 g/mol. The Balaban J connectivity index is 1.08. The molecule has 2 aliphatic heterocycles. The molecule has 0 spiro atoms. The van der Waals surface area contributed by atoms with Crippen molar-refractivity contribution in [3.63, 3.8) is 0 Å². The minimum absolute atomic E-state index is 0.0246. The number of nitrogens with zero attached hydrogens (tertiary/aromatic N) is 3. The second-order valence-corrected chi connectivity index (χ2v) is 17.0. The number of allylic oxidation sites excluding steroid dienone is 1. The summed E-state index contributed by atoms with van der Waals surface area (Å²) < 4.78 is 11.7. The van der Waals surface area contributed by atoms with Gasteiger partial charge >= 0.3 is 12.2 Å². The second kappa shape index (κ2) is 17.7. The zero-order chi connectivity index (χ0) is 40.1. The summed E-state index contributed by atoms with van der Waals surface area (Å²) in [5, 5.41) is 8.61. The molecule has 6 N–H and O–H groups in total. The van der Waals surface area contributed by atoms with Crippen LogP contribution in [0.5, 0.6) is 0 Å². The van der Waals surface area contributed by atoms with E-state index in [0.717, 1.165) is 67.3 Å². The maximum atomic E-state index is 13.6. The van der Waals surface area contributed by atoms with Crippen LogP contribution >= 0.6 is 22.7 Å². The summed E-state index contributed by atoms with van der Waals surface area (Å²) in [4.78, 5) is 64.7. The van der Waals surface area contributed by atoms with Gasteiger partial charge in [-0.25, -0.2) is 14.6 Å². The van der Waals surface area contributed by atoms with Crippen molar-refractivity contribution in [2.75, 3.05) is 33.9 Å². The first-order valence-electron chi connectivity index (χ1n) is 18.9. The van der Waals surface area contributed by atoms with Crippen LogP contribution < -0.4 is 21.7 Å². The Morgan fingerprint density at radius 1 is 0.929 bits per heavy atom. The number of nitrogens with two attached hydrogens (primary N) is 1. The van der Waals surface area contributed by atoms with Crippen LogP contribution in [0.25, 0.3) is 30.9 Å². The first kappa shape index (κ1) is 40.4. The third kappa shape index (κ3) is 9.05. The smallest absolute Gasteiger partial charge is 0.407 e. The highest BCUT2D eigenvalue weighted by Gasteiger charge is 2.38. The maximum absolute atomic E-state index is 13.6. The zero-order valence-corrected chi connectivity index (χ0v) is 34.2. The predicted molar refractivity (Wildman–Crippen MR) is 219 cm³/mol. The normalized spacial score (nSPS) is 18.2. The van der Waals surface area contributed by atoms with Crippen molar-refractivity contribution in [1.82, 2.24) is 35.7 Å². The fraction of sp³-hybridized carbons (Fsp3) is 0.475. The summed E-state index contributed by atoms with van der Waals surface area (Å²) >= 11 is 3.29. The Bertz CT molecular complexity index is 2150. The number of alkyl carbamates (subject to hydrolysis) is 2. The molecule has 4 aromatic rings. The Morgan fingerprint density at radius 2 is 1.57 bits per heavy atom. The number of amides is 4. The van der Waals surface area contributed by atoms with Crippen molar-refractivity contribution < 1.29 is 28.7 Å². The van der Waals surface area contributed by atoms with Crippen LogP contribution in [0.1, 0.15) is 70.1 Å². The maximum Gasteiger partial charge on any atom is 0.407 e. The van der Waals surface area contributed by atoms with Gasteiger partial charge in [0.05, 0.1) is 41.9 Å². The van der Waals surface area contributed by atoms with E-state index in [9.17, 15) is 19.2 Å². The highest BCUT2D eigenvalue weighted by Crippen LogP contribution is 2.39. The first-order chi connectivity index (χ1) is 26.9. The molecule has 16 heteroatoms. The van der Waals surface area contributed by atoms with Crippen LogP contribution in [-0.4, -0.2) is 95.7 Å². The molecule has 2 saturated heterocycles. The number of aromatic amines is 1. The van der Waals surface area contributed by atoms with Gasteiger partial charge in [-0.05, 0) is 79.2 Å². The number of methoxy groups -OCH3 is 2. The molecule has 3 aromatic heterocycles. The summed E-state index contributed by atoms with van der Waals surface area (Å²) in [6, 6.07) is 8.84. The standard InChI is InChI=1S/C40H50N8O6S2/c1-22(2)34(45-39(51)53-5)37(49)47-15-7-9-26(47)21-42-20-25(41)12-13-27-18-32-33(55-27)19-31(56-32)24-11-14-28-29(17-24)44-36(43-28)30-10-8-16-48(30)38(50)35(23(3)4)46-40(52)54-6/h11,14,17-20,22-23,26,30,34-35,42H,7-10,15-16,21,41H2,1-6H3,(H,43,44)(H,45,51)(H,46,52)/b25-20-/t26-,30?,34-,35-/m1/s1. The van der Waals surface area contributed by atoms with E-state index in [0.29, 0.717) is 25.3 Å². The molecule has 14 nitrogen and oxygen atoms in total. The van der Waals surface area contributed by atoms with Crippen LogP contribution in [0.2, 0.25) is 0 Å². The molecule has 4 atom stereocenters. The Kier molecular flexibility index (Phi) is 12.8. The molecule has 2 aliphatic rings. The fourth-order valence-electron chi connectivity index (χ4n) is 7.26. The molecule has 0 bridgehead atoms. The minimum atomic E-state index is -0.689. The monoisotopic (exact) mass is 802 g/mol. The van der Waals surface area contributed by atoms with Crippen molar-refractivity contribution >= 4 is 67.1 Å². The lowest BCUT2D eigenvalue weighted by atomic mass is 10.0.